The Kier molecular flexibility index (Phi) is 4.62. The van der Waals surface area contributed by atoms with Gasteiger partial charge in [-0.2, -0.15) is 18.9 Å². The van der Waals surface area contributed by atoms with Crippen LogP contribution in [0.1, 0.15) is 29.6 Å². The summed E-state index contributed by atoms with van der Waals surface area (Å²) < 4.78 is 37.3. The number of hydrogen-bond donors (Lipinski definition) is 1. The van der Waals surface area contributed by atoms with Gasteiger partial charge in [-0.05, 0) is 30.2 Å². The quantitative estimate of drug-likeness (QED) is 0.733. The minimum atomic E-state index is -2.88. The number of rotatable bonds is 5. The molecule has 3 aromatic rings. The summed E-state index contributed by atoms with van der Waals surface area (Å²) in [5.74, 6) is 1.50. The van der Waals surface area contributed by atoms with Crippen molar-refractivity contribution in [2.24, 2.45) is 0 Å². The fourth-order valence-corrected chi connectivity index (χ4v) is 3.40. The Bertz CT molecular complexity index is 914. The minimum absolute atomic E-state index is 0.0979. The molecule has 0 saturated heterocycles. The van der Waals surface area contributed by atoms with Crippen LogP contribution in [0.4, 0.5) is 14.7 Å². The van der Waals surface area contributed by atoms with Gasteiger partial charge in [-0.1, -0.05) is 30.3 Å². The third-order valence-electron chi connectivity index (χ3n) is 4.64. The molecule has 0 spiro atoms. The molecule has 140 valence electrons. The first-order valence-electron chi connectivity index (χ1n) is 8.49. The van der Waals surface area contributed by atoms with E-state index in [0.29, 0.717) is 17.9 Å². The standard InChI is InChI=1S/C19H18F2N4O2/c1-26-13-8-6-12(7-9-13)16-10-15(24-19-22-11-23-25(16)19)14-4-2-3-5-17(14)27-18(20)21/h2-9,11,15-16,18H,10H2,1H3,(H,22,23,24). The van der Waals surface area contributed by atoms with Crippen LogP contribution >= 0.6 is 0 Å². The summed E-state index contributed by atoms with van der Waals surface area (Å²) in [5, 5.41) is 7.59. The third-order valence-corrected chi connectivity index (χ3v) is 4.64. The lowest BCUT2D eigenvalue weighted by Crippen LogP contribution is -2.28. The van der Waals surface area contributed by atoms with E-state index in [1.165, 1.54) is 6.33 Å². The average molecular weight is 372 g/mol. The summed E-state index contributed by atoms with van der Waals surface area (Å²) in [7, 11) is 1.62. The van der Waals surface area contributed by atoms with Crippen molar-refractivity contribution in [2.45, 2.75) is 25.1 Å². The Morgan fingerprint density at radius 3 is 2.67 bits per heavy atom. The highest BCUT2D eigenvalue weighted by Crippen LogP contribution is 2.40. The maximum atomic E-state index is 12.8. The van der Waals surface area contributed by atoms with Crippen molar-refractivity contribution in [1.29, 1.82) is 0 Å². The Morgan fingerprint density at radius 2 is 1.93 bits per heavy atom. The molecule has 1 aromatic heterocycles. The number of alkyl halides is 2. The molecular formula is C19H18F2N4O2. The van der Waals surface area contributed by atoms with Gasteiger partial charge in [0, 0.05) is 5.56 Å². The molecule has 0 saturated carbocycles. The second-order valence-electron chi connectivity index (χ2n) is 6.17. The smallest absolute Gasteiger partial charge is 0.387 e. The van der Waals surface area contributed by atoms with Crippen LogP contribution in [0.25, 0.3) is 0 Å². The fourth-order valence-electron chi connectivity index (χ4n) is 3.40. The largest absolute Gasteiger partial charge is 0.497 e. The van der Waals surface area contributed by atoms with Crippen molar-refractivity contribution in [3.05, 3.63) is 66.0 Å². The molecule has 1 N–H and O–H groups in total. The summed E-state index contributed by atoms with van der Waals surface area (Å²) in [6.07, 6.45) is 2.08. The molecule has 2 aromatic carbocycles. The molecule has 1 aliphatic heterocycles. The van der Waals surface area contributed by atoms with Gasteiger partial charge in [0.25, 0.3) is 0 Å². The van der Waals surface area contributed by atoms with Gasteiger partial charge in [0.1, 0.15) is 17.8 Å². The zero-order chi connectivity index (χ0) is 18.8. The van der Waals surface area contributed by atoms with Crippen LogP contribution < -0.4 is 14.8 Å². The third kappa shape index (κ3) is 3.42. The molecule has 2 unspecified atom stereocenters. The van der Waals surface area contributed by atoms with Crippen molar-refractivity contribution in [1.82, 2.24) is 14.8 Å². The molecule has 4 rings (SSSR count). The molecule has 0 aliphatic carbocycles. The molecule has 2 heterocycles. The first-order valence-corrected chi connectivity index (χ1v) is 8.49. The van der Waals surface area contributed by atoms with Crippen LogP contribution in [0.5, 0.6) is 11.5 Å². The van der Waals surface area contributed by atoms with Crippen LogP contribution in [-0.2, 0) is 0 Å². The van der Waals surface area contributed by atoms with E-state index in [0.717, 1.165) is 11.3 Å². The predicted octanol–water partition coefficient (Wildman–Crippen LogP) is 4.03. The van der Waals surface area contributed by atoms with E-state index < -0.39 is 6.61 Å². The zero-order valence-electron chi connectivity index (χ0n) is 14.5. The van der Waals surface area contributed by atoms with Gasteiger partial charge in [0.05, 0.1) is 19.2 Å². The second-order valence-corrected chi connectivity index (χ2v) is 6.17. The lowest BCUT2D eigenvalue weighted by Gasteiger charge is -2.32. The maximum absolute atomic E-state index is 12.8. The number of nitrogens with one attached hydrogen (secondary N) is 1. The molecule has 6 nitrogen and oxygen atoms in total. The van der Waals surface area contributed by atoms with Gasteiger partial charge in [0.15, 0.2) is 0 Å². The topological polar surface area (TPSA) is 61.2 Å². The number of benzene rings is 2. The molecule has 0 amide bonds. The summed E-state index contributed by atoms with van der Waals surface area (Å²) in [4.78, 5) is 4.26. The predicted molar refractivity (Wildman–Crippen MR) is 95.2 cm³/mol. The van der Waals surface area contributed by atoms with Gasteiger partial charge < -0.3 is 14.8 Å². The van der Waals surface area contributed by atoms with Crippen molar-refractivity contribution in [3.63, 3.8) is 0 Å². The van der Waals surface area contributed by atoms with Crippen molar-refractivity contribution < 1.29 is 18.3 Å². The van der Waals surface area contributed by atoms with Gasteiger partial charge in [-0.25, -0.2) is 4.68 Å². The van der Waals surface area contributed by atoms with E-state index in [-0.39, 0.29) is 17.8 Å². The average Bonchev–Trinajstić information content (AvgIpc) is 3.16. The molecule has 8 heteroatoms. The number of ether oxygens (including phenoxy) is 2. The SMILES string of the molecule is COc1ccc(C2CC(c3ccccc3OC(F)F)Nc3ncnn32)cc1. The number of aromatic nitrogens is 3. The second kappa shape index (κ2) is 7.22. The molecule has 0 bridgehead atoms. The zero-order valence-corrected chi connectivity index (χ0v) is 14.5. The van der Waals surface area contributed by atoms with Gasteiger partial charge in [-0.15, -0.1) is 0 Å². The molecule has 1 aliphatic rings. The summed E-state index contributed by atoms with van der Waals surface area (Å²) in [6, 6.07) is 14.2. The van der Waals surface area contributed by atoms with Crippen LogP contribution in [0, 0.1) is 0 Å². The van der Waals surface area contributed by atoms with Crippen molar-refractivity contribution in [2.75, 3.05) is 12.4 Å². The minimum Gasteiger partial charge on any atom is -0.497 e. The van der Waals surface area contributed by atoms with E-state index in [1.54, 1.807) is 36.1 Å². The van der Waals surface area contributed by atoms with Crippen LogP contribution in [0.2, 0.25) is 0 Å². The van der Waals surface area contributed by atoms with E-state index in [1.807, 2.05) is 24.3 Å². The highest BCUT2D eigenvalue weighted by molar-refractivity contribution is 5.44. The number of halogens is 2. The lowest BCUT2D eigenvalue weighted by atomic mass is 9.93. The van der Waals surface area contributed by atoms with Crippen LogP contribution in [0.15, 0.2) is 54.9 Å². The van der Waals surface area contributed by atoms with Crippen LogP contribution in [-0.4, -0.2) is 28.5 Å². The number of para-hydroxylation sites is 1. The highest BCUT2D eigenvalue weighted by Gasteiger charge is 2.31. The molecule has 0 radical (unpaired) electrons. The van der Waals surface area contributed by atoms with E-state index in [2.05, 4.69) is 15.4 Å². The first kappa shape index (κ1) is 17.3. The van der Waals surface area contributed by atoms with Gasteiger partial charge in [0.2, 0.25) is 5.95 Å². The molecule has 27 heavy (non-hydrogen) atoms. The summed E-state index contributed by atoms with van der Waals surface area (Å²) >= 11 is 0. The number of methoxy groups -OCH3 is 1. The highest BCUT2D eigenvalue weighted by atomic mass is 19.3. The number of fused-ring (bicyclic) bond motifs is 1. The Hall–Kier alpha value is -3.16. The van der Waals surface area contributed by atoms with E-state index in [4.69, 9.17) is 9.47 Å². The maximum Gasteiger partial charge on any atom is 0.387 e. The Balaban J connectivity index is 1.69. The van der Waals surface area contributed by atoms with Crippen LogP contribution in [0.3, 0.4) is 0 Å². The summed E-state index contributed by atoms with van der Waals surface area (Å²) in [5.41, 5.74) is 1.69. The molecular weight excluding hydrogens is 354 g/mol. The first-order chi connectivity index (χ1) is 13.2. The Labute approximate surface area is 154 Å². The number of anilines is 1. The summed E-state index contributed by atoms with van der Waals surface area (Å²) in [6.45, 7) is -2.88. The van der Waals surface area contributed by atoms with Gasteiger partial charge >= 0.3 is 6.61 Å². The molecule has 2 atom stereocenters. The Morgan fingerprint density at radius 1 is 1.15 bits per heavy atom. The monoisotopic (exact) mass is 372 g/mol. The lowest BCUT2D eigenvalue weighted by molar-refractivity contribution is -0.0506. The number of hydrogen-bond acceptors (Lipinski definition) is 5. The van der Waals surface area contributed by atoms with Crippen molar-refractivity contribution >= 4 is 5.95 Å². The van der Waals surface area contributed by atoms with E-state index in [9.17, 15) is 8.78 Å². The fraction of sp³-hybridized carbons (Fsp3) is 0.263. The number of nitrogens with zero attached hydrogens (tertiary/aromatic N) is 3. The van der Waals surface area contributed by atoms with E-state index >= 15 is 0 Å². The van der Waals surface area contributed by atoms with Crippen molar-refractivity contribution in [3.8, 4) is 11.5 Å². The van der Waals surface area contributed by atoms with Gasteiger partial charge in [-0.3, -0.25) is 0 Å². The normalized spacial score (nSPS) is 18.7. The molecule has 0 fully saturated rings.